The average Bonchev–Trinajstić information content (AvgIpc) is 1.96. The van der Waals surface area contributed by atoms with Crippen LogP contribution in [-0.4, -0.2) is 9.97 Å². The van der Waals surface area contributed by atoms with Gasteiger partial charge in [0, 0.05) is 0 Å². The SMILES string of the molecule is Cc1nc(Cl)c(N)c(NI)n1. The molecule has 0 saturated heterocycles. The summed E-state index contributed by atoms with van der Waals surface area (Å²) < 4.78 is 2.79. The lowest BCUT2D eigenvalue weighted by Gasteiger charge is -2.03. The summed E-state index contributed by atoms with van der Waals surface area (Å²) in [6.45, 7) is 1.75. The highest BCUT2D eigenvalue weighted by Gasteiger charge is 2.05. The summed E-state index contributed by atoms with van der Waals surface area (Å²) in [4.78, 5) is 7.88. The minimum atomic E-state index is 0.289. The van der Waals surface area contributed by atoms with E-state index in [2.05, 4.69) is 13.5 Å². The molecule has 0 aromatic carbocycles. The molecule has 0 aliphatic rings. The fraction of sp³-hybridized carbons (Fsp3) is 0.200. The smallest absolute Gasteiger partial charge is 0.163 e. The topological polar surface area (TPSA) is 63.8 Å². The Morgan fingerprint density at radius 1 is 1.55 bits per heavy atom. The number of nitrogens with one attached hydrogen (secondary N) is 1. The van der Waals surface area contributed by atoms with Gasteiger partial charge in [-0.05, 0) is 6.92 Å². The molecular weight excluding hydrogens is 278 g/mol. The first kappa shape index (κ1) is 8.79. The summed E-state index contributed by atoms with van der Waals surface area (Å²) in [5.74, 6) is 1.16. The number of aryl methyl sites for hydroxylation is 1. The highest BCUT2D eigenvalue weighted by atomic mass is 127. The zero-order valence-electron chi connectivity index (χ0n) is 5.73. The van der Waals surface area contributed by atoms with E-state index in [4.69, 9.17) is 17.3 Å². The van der Waals surface area contributed by atoms with Crippen molar-refractivity contribution in [2.24, 2.45) is 0 Å². The number of hydrogen-bond acceptors (Lipinski definition) is 4. The zero-order valence-corrected chi connectivity index (χ0v) is 8.64. The highest BCUT2D eigenvalue weighted by molar-refractivity contribution is 14.1. The summed E-state index contributed by atoms with van der Waals surface area (Å²) >= 11 is 7.61. The van der Waals surface area contributed by atoms with Crippen LogP contribution in [0, 0.1) is 6.92 Å². The van der Waals surface area contributed by atoms with Crippen LogP contribution in [0.3, 0.4) is 0 Å². The molecule has 1 heterocycles. The molecule has 0 radical (unpaired) electrons. The number of nitrogens with two attached hydrogens (primary N) is 1. The summed E-state index contributed by atoms with van der Waals surface area (Å²) in [5.41, 5.74) is 5.92. The molecule has 0 atom stereocenters. The van der Waals surface area contributed by atoms with E-state index in [1.165, 1.54) is 0 Å². The van der Waals surface area contributed by atoms with Gasteiger partial charge < -0.3 is 9.26 Å². The van der Waals surface area contributed by atoms with Gasteiger partial charge in [0.2, 0.25) is 0 Å². The van der Waals surface area contributed by atoms with E-state index in [1.807, 2.05) is 22.9 Å². The summed E-state index contributed by atoms with van der Waals surface area (Å²) in [7, 11) is 0. The summed E-state index contributed by atoms with van der Waals surface area (Å²) in [6, 6.07) is 0. The molecule has 0 aliphatic heterocycles. The van der Waals surface area contributed by atoms with Gasteiger partial charge in [0.05, 0.1) is 22.9 Å². The van der Waals surface area contributed by atoms with Crippen molar-refractivity contribution in [3.8, 4) is 0 Å². The van der Waals surface area contributed by atoms with Crippen molar-refractivity contribution in [1.82, 2.24) is 9.97 Å². The van der Waals surface area contributed by atoms with Crippen LogP contribution in [0.25, 0.3) is 0 Å². The van der Waals surface area contributed by atoms with Crippen LogP contribution in [0.5, 0.6) is 0 Å². The van der Waals surface area contributed by atoms with E-state index >= 15 is 0 Å². The van der Waals surface area contributed by atoms with Gasteiger partial charge in [-0.25, -0.2) is 9.97 Å². The molecule has 4 nitrogen and oxygen atoms in total. The second kappa shape index (κ2) is 3.40. The third-order valence-corrected chi connectivity index (χ3v) is 1.90. The van der Waals surface area contributed by atoms with Crippen molar-refractivity contribution in [1.29, 1.82) is 0 Å². The quantitative estimate of drug-likeness (QED) is 0.469. The summed E-state index contributed by atoms with van der Waals surface area (Å²) in [5, 5.41) is 0.289. The van der Waals surface area contributed by atoms with E-state index in [0.29, 0.717) is 17.3 Å². The first-order chi connectivity index (χ1) is 5.15. The van der Waals surface area contributed by atoms with Crippen LogP contribution in [0.2, 0.25) is 5.15 Å². The van der Waals surface area contributed by atoms with Crippen molar-refractivity contribution in [3.63, 3.8) is 0 Å². The second-order valence-corrected chi connectivity index (χ2v) is 2.82. The standard InChI is InChI=1S/C5H6ClIN4/c1-2-9-4(6)3(8)5(10-2)11-7/h8H2,1H3,(H,9,10,11). The van der Waals surface area contributed by atoms with E-state index in [-0.39, 0.29) is 5.15 Å². The molecule has 11 heavy (non-hydrogen) atoms. The number of nitrogens with zero attached hydrogens (tertiary/aromatic N) is 2. The minimum absolute atomic E-state index is 0.289. The Kier molecular flexibility index (Phi) is 2.72. The Hall–Kier alpha value is -0.300. The number of anilines is 2. The van der Waals surface area contributed by atoms with Gasteiger partial charge in [0.15, 0.2) is 11.0 Å². The van der Waals surface area contributed by atoms with Crippen LogP contribution in [-0.2, 0) is 0 Å². The fourth-order valence-electron chi connectivity index (χ4n) is 0.619. The average molecular weight is 284 g/mol. The Balaban J connectivity index is 3.24. The Labute approximate surface area is 83.0 Å². The molecular formula is C5H6ClIN4. The van der Waals surface area contributed by atoms with Crippen LogP contribution < -0.4 is 9.26 Å². The number of hydrogen-bond donors (Lipinski definition) is 2. The van der Waals surface area contributed by atoms with Gasteiger partial charge in [-0.1, -0.05) is 11.6 Å². The van der Waals surface area contributed by atoms with E-state index in [9.17, 15) is 0 Å². The lowest BCUT2D eigenvalue weighted by Crippen LogP contribution is -2.00. The molecule has 0 aliphatic carbocycles. The fourth-order valence-corrected chi connectivity index (χ4v) is 1.24. The van der Waals surface area contributed by atoms with Gasteiger partial charge in [0.25, 0.3) is 0 Å². The Morgan fingerprint density at radius 2 is 2.18 bits per heavy atom. The van der Waals surface area contributed by atoms with Crippen molar-refractivity contribution in [3.05, 3.63) is 11.0 Å². The molecule has 0 fully saturated rings. The van der Waals surface area contributed by atoms with Gasteiger partial charge in [-0.3, -0.25) is 0 Å². The number of nitrogen functional groups attached to an aromatic ring is 1. The van der Waals surface area contributed by atoms with Gasteiger partial charge in [-0.15, -0.1) is 0 Å². The molecule has 1 aromatic rings. The molecule has 1 aromatic heterocycles. The van der Waals surface area contributed by atoms with E-state index in [0.717, 1.165) is 0 Å². The molecule has 0 amide bonds. The molecule has 0 spiro atoms. The van der Waals surface area contributed by atoms with Crippen molar-refractivity contribution < 1.29 is 0 Å². The highest BCUT2D eigenvalue weighted by Crippen LogP contribution is 2.23. The van der Waals surface area contributed by atoms with Gasteiger partial charge in [0.1, 0.15) is 11.5 Å². The largest absolute Gasteiger partial charge is 0.393 e. The monoisotopic (exact) mass is 284 g/mol. The third-order valence-electron chi connectivity index (χ3n) is 1.10. The lowest BCUT2D eigenvalue weighted by atomic mass is 10.5. The maximum Gasteiger partial charge on any atom is 0.163 e. The van der Waals surface area contributed by atoms with E-state index < -0.39 is 0 Å². The van der Waals surface area contributed by atoms with Gasteiger partial charge >= 0.3 is 0 Å². The normalized spacial score (nSPS) is 9.73. The molecule has 0 saturated carbocycles. The molecule has 1 rings (SSSR count). The van der Waals surface area contributed by atoms with Crippen LogP contribution >= 0.6 is 34.5 Å². The van der Waals surface area contributed by atoms with Crippen LogP contribution in [0.15, 0.2) is 0 Å². The molecule has 0 bridgehead atoms. The first-order valence-electron chi connectivity index (χ1n) is 2.81. The number of halogens is 2. The lowest BCUT2D eigenvalue weighted by molar-refractivity contribution is 1.07. The van der Waals surface area contributed by atoms with Crippen molar-refractivity contribution in [2.75, 3.05) is 9.26 Å². The van der Waals surface area contributed by atoms with Crippen molar-refractivity contribution >= 4 is 46.0 Å². The molecule has 6 heteroatoms. The zero-order chi connectivity index (χ0) is 8.43. The Morgan fingerprint density at radius 3 is 2.73 bits per heavy atom. The maximum atomic E-state index is 5.68. The van der Waals surface area contributed by atoms with Crippen LogP contribution in [0.4, 0.5) is 11.5 Å². The minimum Gasteiger partial charge on any atom is -0.393 e. The third kappa shape index (κ3) is 1.84. The molecule has 0 unspecified atom stereocenters. The van der Waals surface area contributed by atoms with Gasteiger partial charge in [-0.2, -0.15) is 0 Å². The number of aromatic nitrogens is 2. The van der Waals surface area contributed by atoms with Crippen molar-refractivity contribution in [2.45, 2.75) is 6.92 Å². The molecule has 3 N–H and O–H groups in total. The predicted octanol–water partition coefficient (Wildman–Crippen LogP) is 1.78. The molecule has 60 valence electrons. The van der Waals surface area contributed by atoms with E-state index in [1.54, 1.807) is 6.92 Å². The summed E-state index contributed by atoms with van der Waals surface area (Å²) in [6.07, 6.45) is 0. The number of rotatable bonds is 1. The maximum absolute atomic E-state index is 5.68. The Bertz CT molecular complexity index is 277. The first-order valence-corrected chi connectivity index (χ1v) is 4.27. The van der Waals surface area contributed by atoms with Crippen LogP contribution in [0.1, 0.15) is 5.82 Å². The predicted molar refractivity (Wildman–Crippen MR) is 53.8 cm³/mol. The second-order valence-electron chi connectivity index (χ2n) is 1.92.